The maximum atomic E-state index is 4.92. The van der Waals surface area contributed by atoms with Crippen molar-refractivity contribution in [3.63, 3.8) is 0 Å². The number of benzene rings is 5. The summed E-state index contributed by atoms with van der Waals surface area (Å²) in [4.78, 5) is 4.92. The Kier molecular flexibility index (Phi) is 8.59. The number of aryl methyl sites for hydroxylation is 1. The van der Waals surface area contributed by atoms with Crippen molar-refractivity contribution < 1.29 is 0 Å². The Morgan fingerprint density at radius 2 is 0.956 bits per heavy atom. The first-order valence-electron chi connectivity index (χ1n) is 16.3. The first-order chi connectivity index (χ1) is 21.7. The SMILES string of the molecule is Cc1cccc(-c2nccn2-c2c(-c3ccc(C(C)C)cc3)cc(-c3ccc(C(C)C)cc3)cc2-c2ccc(C(C)C)cc2)c1. The van der Waals surface area contributed by atoms with Crippen LogP contribution in [0.4, 0.5) is 0 Å². The zero-order valence-electron chi connectivity index (χ0n) is 27.7. The lowest BCUT2D eigenvalue weighted by atomic mass is 9.88. The molecular weight excluding hydrogens is 544 g/mol. The highest BCUT2D eigenvalue weighted by Crippen LogP contribution is 2.42. The molecule has 0 amide bonds. The molecule has 45 heavy (non-hydrogen) atoms. The first kappa shape index (κ1) is 30.3. The fourth-order valence-electron chi connectivity index (χ4n) is 6.14. The van der Waals surface area contributed by atoms with Crippen LogP contribution in [0.1, 0.15) is 81.5 Å². The molecular formula is C43H44N2. The third-order valence-electron chi connectivity index (χ3n) is 8.96. The smallest absolute Gasteiger partial charge is 0.144 e. The van der Waals surface area contributed by atoms with Crippen LogP contribution in [0.2, 0.25) is 0 Å². The predicted octanol–water partition coefficient (Wildman–Crippen LogP) is 12.2. The summed E-state index contributed by atoms with van der Waals surface area (Å²) in [6, 6.07) is 40.7. The topological polar surface area (TPSA) is 17.8 Å². The van der Waals surface area contributed by atoms with Crippen molar-refractivity contribution in [2.75, 3.05) is 0 Å². The molecule has 6 aromatic rings. The molecule has 0 aliphatic carbocycles. The maximum absolute atomic E-state index is 4.92. The molecule has 6 rings (SSSR count). The van der Waals surface area contributed by atoms with Gasteiger partial charge in [-0.25, -0.2) is 4.98 Å². The van der Waals surface area contributed by atoms with Crippen molar-refractivity contribution in [2.45, 2.75) is 66.2 Å². The number of hydrogen-bond acceptors (Lipinski definition) is 1. The van der Waals surface area contributed by atoms with E-state index in [0.717, 1.165) is 17.1 Å². The molecule has 0 N–H and O–H groups in total. The van der Waals surface area contributed by atoms with Gasteiger partial charge in [0.05, 0.1) is 5.69 Å². The largest absolute Gasteiger partial charge is 0.299 e. The lowest BCUT2D eigenvalue weighted by Gasteiger charge is -2.22. The average Bonchev–Trinajstić information content (AvgIpc) is 3.54. The molecule has 1 heterocycles. The van der Waals surface area contributed by atoms with Crippen LogP contribution in [-0.2, 0) is 0 Å². The number of hydrogen-bond donors (Lipinski definition) is 0. The third kappa shape index (κ3) is 6.28. The van der Waals surface area contributed by atoms with E-state index in [4.69, 9.17) is 4.98 Å². The molecule has 0 radical (unpaired) electrons. The van der Waals surface area contributed by atoms with Gasteiger partial charge in [0.2, 0.25) is 0 Å². The number of rotatable bonds is 8. The van der Waals surface area contributed by atoms with Crippen LogP contribution in [0, 0.1) is 6.92 Å². The van der Waals surface area contributed by atoms with Crippen LogP contribution in [0.15, 0.2) is 122 Å². The third-order valence-corrected chi connectivity index (χ3v) is 8.96. The fraction of sp³-hybridized carbons (Fsp3) is 0.233. The zero-order valence-corrected chi connectivity index (χ0v) is 27.7. The van der Waals surface area contributed by atoms with Gasteiger partial charge < -0.3 is 0 Å². The second-order valence-corrected chi connectivity index (χ2v) is 13.2. The van der Waals surface area contributed by atoms with Crippen molar-refractivity contribution >= 4 is 0 Å². The number of aromatic nitrogens is 2. The Morgan fingerprint density at radius 1 is 0.489 bits per heavy atom. The zero-order chi connectivity index (χ0) is 31.7. The Hall–Kier alpha value is -4.69. The molecule has 0 unspecified atom stereocenters. The van der Waals surface area contributed by atoms with Crippen molar-refractivity contribution in [1.82, 2.24) is 9.55 Å². The lowest BCUT2D eigenvalue weighted by molar-refractivity contribution is 0.867. The Bertz CT molecular complexity index is 1830. The van der Waals surface area contributed by atoms with Gasteiger partial charge in [-0.05, 0) is 81.8 Å². The Balaban J connectivity index is 1.67. The van der Waals surface area contributed by atoms with Crippen LogP contribution in [0.25, 0.3) is 50.5 Å². The minimum Gasteiger partial charge on any atom is -0.299 e. The van der Waals surface area contributed by atoms with E-state index < -0.39 is 0 Å². The molecule has 0 bridgehead atoms. The summed E-state index contributed by atoms with van der Waals surface area (Å²) < 4.78 is 2.29. The maximum Gasteiger partial charge on any atom is 0.144 e. The van der Waals surface area contributed by atoms with Gasteiger partial charge in [0.25, 0.3) is 0 Å². The van der Waals surface area contributed by atoms with Crippen LogP contribution >= 0.6 is 0 Å². The summed E-state index contributed by atoms with van der Waals surface area (Å²) in [6.07, 6.45) is 4.04. The molecule has 226 valence electrons. The minimum atomic E-state index is 0.473. The monoisotopic (exact) mass is 588 g/mol. The van der Waals surface area contributed by atoms with Gasteiger partial charge in [0, 0.05) is 29.1 Å². The van der Waals surface area contributed by atoms with Gasteiger partial charge in [-0.2, -0.15) is 0 Å². The summed E-state index contributed by atoms with van der Waals surface area (Å²) in [5.41, 5.74) is 14.7. The van der Waals surface area contributed by atoms with E-state index in [1.54, 1.807) is 0 Å². The highest BCUT2D eigenvalue weighted by molar-refractivity contribution is 5.91. The Labute approximate surface area is 269 Å². The van der Waals surface area contributed by atoms with Crippen molar-refractivity contribution in [3.8, 4) is 50.5 Å². The van der Waals surface area contributed by atoms with E-state index in [2.05, 4.69) is 168 Å². The average molecular weight is 589 g/mol. The van der Waals surface area contributed by atoms with E-state index in [1.807, 2.05) is 6.20 Å². The van der Waals surface area contributed by atoms with E-state index in [1.165, 1.54) is 55.6 Å². The summed E-state index contributed by atoms with van der Waals surface area (Å²) in [7, 11) is 0. The molecule has 0 atom stereocenters. The van der Waals surface area contributed by atoms with Crippen LogP contribution in [0.5, 0.6) is 0 Å². The number of nitrogens with zero attached hydrogens (tertiary/aromatic N) is 2. The molecule has 0 fully saturated rings. The van der Waals surface area contributed by atoms with Gasteiger partial charge >= 0.3 is 0 Å². The van der Waals surface area contributed by atoms with Gasteiger partial charge in [0.1, 0.15) is 5.82 Å². The van der Waals surface area contributed by atoms with E-state index in [-0.39, 0.29) is 0 Å². The Morgan fingerprint density at radius 3 is 1.40 bits per heavy atom. The quantitative estimate of drug-likeness (QED) is 0.173. The van der Waals surface area contributed by atoms with E-state index in [9.17, 15) is 0 Å². The fourth-order valence-corrected chi connectivity index (χ4v) is 6.14. The van der Waals surface area contributed by atoms with E-state index in [0.29, 0.717) is 17.8 Å². The second-order valence-electron chi connectivity index (χ2n) is 13.2. The molecule has 0 spiro atoms. The van der Waals surface area contributed by atoms with Gasteiger partial charge in [-0.3, -0.25) is 4.57 Å². The molecule has 0 aliphatic rings. The van der Waals surface area contributed by atoms with Gasteiger partial charge in [0.15, 0.2) is 0 Å². The molecule has 0 saturated carbocycles. The molecule has 0 aliphatic heterocycles. The number of imidazole rings is 1. The summed E-state index contributed by atoms with van der Waals surface area (Å²) in [6.45, 7) is 15.6. The van der Waals surface area contributed by atoms with Crippen LogP contribution in [-0.4, -0.2) is 9.55 Å². The predicted molar refractivity (Wildman–Crippen MR) is 192 cm³/mol. The van der Waals surface area contributed by atoms with Gasteiger partial charge in [-0.15, -0.1) is 0 Å². The van der Waals surface area contributed by atoms with Crippen LogP contribution < -0.4 is 0 Å². The van der Waals surface area contributed by atoms with Crippen molar-refractivity contribution in [2.24, 2.45) is 0 Å². The van der Waals surface area contributed by atoms with Gasteiger partial charge in [-0.1, -0.05) is 138 Å². The highest BCUT2D eigenvalue weighted by atomic mass is 15.1. The minimum absolute atomic E-state index is 0.473. The molecule has 0 saturated heterocycles. The highest BCUT2D eigenvalue weighted by Gasteiger charge is 2.20. The van der Waals surface area contributed by atoms with Crippen molar-refractivity contribution in [3.05, 3.63) is 144 Å². The second kappa shape index (κ2) is 12.7. The van der Waals surface area contributed by atoms with Crippen LogP contribution in [0.3, 0.4) is 0 Å². The first-order valence-corrected chi connectivity index (χ1v) is 16.3. The molecule has 2 nitrogen and oxygen atoms in total. The lowest BCUT2D eigenvalue weighted by Crippen LogP contribution is -2.03. The standard InChI is InChI=1S/C43H44N2/c1-28(2)32-11-17-35(18-12-32)39-26-40(36-19-13-33(14-20-36)29(3)4)42(41(27-39)37-21-15-34(16-22-37)30(5)6)45-24-23-44-43(45)38-10-8-9-31(7)25-38/h8-30H,1-7H3. The van der Waals surface area contributed by atoms with E-state index >= 15 is 0 Å². The normalized spacial score (nSPS) is 11.6. The summed E-state index contributed by atoms with van der Waals surface area (Å²) in [5.74, 6) is 2.38. The molecule has 1 aromatic heterocycles. The summed E-state index contributed by atoms with van der Waals surface area (Å²) >= 11 is 0. The summed E-state index contributed by atoms with van der Waals surface area (Å²) in [5, 5.41) is 0. The van der Waals surface area contributed by atoms with Crippen molar-refractivity contribution in [1.29, 1.82) is 0 Å². The molecule has 2 heteroatoms. The molecule has 5 aromatic carbocycles.